The van der Waals surface area contributed by atoms with Crippen LogP contribution in [0.2, 0.25) is 0 Å². The van der Waals surface area contributed by atoms with E-state index in [1.807, 2.05) is 4.90 Å². The van der Waals surface area contributed by atoms with Crippen LogP contribution in [-0.2, 0) is 4.79 Å². The molecule has 1 aliphatic rings. The number of rotatable bonds is 6. The topological polar surface area (TPSA) is 114 Å². The van der Waals surface area contributed by atoms with Crippen molar-refractivity contribution >= 4 is 23.2 Å². The minimum absolute atomic E-state index is 0.0389. The van der Waals surface area contributed by atoms with Crippen LogP contribution in [0.15, 0.2) is 42.5 Å². The molecule has 1 aliphatic heterocycles. The molecule has 0 saturated carbocycles. The van der Waals surface area contributed by atoms with Gasteiger partial charge in [0, 0.05) is 24.7 Å². The molecule has 0 bridgehead atoms. The summed E-state index contributed by atoms with van der Waals surface area (Å²) in [5.41, 5.74) is 4.78. The molecule has 158 valence electrons. The van der Waals surface area contributed by atoms with Crippen molar-refractivity contribution in [3.05, 3.63) is 64.0 Å². The van der Waals surface area contributed by atoms with E-state index in [4.69, 9.17) is 4.74 Å². The predicted molar refractivity (Wildman–Crippen MR) is 107 cm³/mol. The molecule has 0 aliphatic carbocycles. The van der Waals surface area contributed by atoms with Gasteiger partial charge in [-0.15, -0.1) is 0 Å². The maximum Gasteiger partial charge on any atom is 0.293 e. The Bertz CT molecular complexity index is 945. The maximum absolute atomic E-state index is 12.9. The summed E-state index contributed by atoms with van der Waals surface area (Å²) in [5, 5.41) is 11.4. The normalized spacial score (nSPS) is 14.1. The number of hydrogen-bond donors (Lipinski definition) is 2. The number of ether oxygens (including phenoxy) is 1. The second kappa shape index (κ2) is 9.21. The fourth-order valence-corrected chi connectivity index (χ4v) is 3.10. The second-order valence-corrected chi connectivity index (χ2v) is 6.81. The van der Waals surface area contributed by atoms with E-state index in [1.54, 1.807) is 6.07 Å². The highest BCUT2D eigenvalue weighted by Gasteiger charge is 2.24. The van der Waals surface area contributed by atoms with E-state index in [1.165, 1.54) is 43.3 Å². The minimum atomic E-state index is -0.970. The zero-order valence-corrected chi connectivity index (χ0v) is 16.3. The van der Waals surface area contributed by atoms with Crippen molar-refractivity contribution in [3.63, 3.8) is 0 Å². The van der Waals surface area contributed by atoms with E-state index in [0.29, 0.717) is 11.4 Å². The summed E-state index contributed by atoms with van der Waals surface area (Å²) in [6.07, 6.45) is 0.954. The van der Waals surface area contributed by atoms with Gasteiger partial charge >= 0.3 is 0 Å². The molecule has 2 aromatic carbocycles. The smallest absolute Gasteiger partial charge is 0.293 e. The van der Waals surface area contributed by atoms with Crippen LogP contribution < -0.4 is 20.5 Å². The Morgan fingerprint density at radius 1 is 1.13 bits per heavy atom. The largest absolute Gasteiger partial charge is 0.481 e. The zero-order valence-electron chi connectivity index (χ0n) is 16.3. The summed E-state index contributed by atoms with van der Waals surface area (Å²) in [7, 11) is 0. The lowest BCUT2D eigenvalue weighted by Gasteiger charge is -2.18. The number of nitrogens with one attached hydrogen (secondary N) is 2. The number of anilines is 1. The maximum atomic E-state index is 12.9. The van der Waals surface area contributed by atoms with E-state index in [0.717, 1.165) is 25.9 Å². The van der Waals surface area contributed by atoms with Crippen molar-refractivity contribution in [1.29, 1.82) is 0 Å². The molecule has 1 unspecified atom stereocenters. The highest BCUT2D eigenvalue weighted by molar-refractivity contribution is 5.97. The summed E-state index contributed by atoms with van der Waals surface area (Å²) < 4.78 is 18.3. The quantitative estimate of drug-likeness (QED) is 0.553. The summed E-state index contributed by atoms with van der Waals surface area (Å²) in [6, 6.07) is 9.34. The van der Waals surface area contributed by atoms with Crippen molar-refractivity contribution in [2.45, 2.75) is 25.9 Å². The highest BCUT2D eigenvalue weighted by atomic mass is 19.1. The van der Waals surface area contributed by atoms with Gasteiger partial charge in [0.05, 0.1) is 4.92 Å². The van der Waals surface area contributed by atoms with Crippen LogP contribution in [0.5, 0.6) is 5.75 Å². The SMILES string of the molecule is CC(Oc1ccc(F)cc1)C(=O)NNC(=O)c1ccc(N2CCCC2)c([N+](=O)[O-])c1. The van der Waals surface area contributed by atoms with Crippen molar-refractivity contribution in [3.8, 4) is 5.75 Å². The minimum Gasteiger partial charge on any atom is -0.481 e. The molecule has 0 aromatic heterocycles. The third kappa shape index (κ3) is 5.02. The standard InChI is InChI=1S/C20H21FN4O5/c1-13(30-16-7-5-15(21)6-8-16)19(26)22-23-20(27)14-4-9-17(18(12-14)25(28)29)24-10-2-3-11-24/h4-9,12-13H,2-3,10-11H2,1H3,(H,22,26)(H,23,27). The van der Waals surface area contributed by atoms with E-state index in [2.05, 4.69) is 10.9 Å². The monoisotopic (exact) mass is 416 g/mol. The van der Waals surface area contributed by atoms with Crippen LogP contribution in [0.25, 0.3) is 0 Å². The van der Waals surface area contributed by atoms with Crippen LogP contribution in [0.4, 0.5) is 15.8 Å². The van der Waals surface area contributed by atoms with Gasteiger partial charge < -0.3 is 9.64 Å². The van der Waals surface area contributed by atoms with Crippen molar-refractivity contribution < 1.29 is 23.6 Å². The number of carbonyl (C=O) groups excluding carboxylic acids is 2. The molecule has 30 heavy (non-hydrogen) atoms. The fourth-order valence-electron chi connectivity index (χ4n) is 3.10. The first-order valence-electron chi connectivity index (χ1n) is 9.41. The number of hydrazine groups is 1. The van der Waals surface area contributed by atoms with Gasteiger partial charge in [-0.1, -0.05) is 0 Å². The molecule has 1 atom stereocenters. The lowest BCUT2D eigenvalue weighted by atomic mass is 10.1. The van der Waals surface area contributed by atoms with Gasteiger partial charge in [0.15, 0.2) is 6.10 Å². The molecule has 1 heterocycles. The van der Waals surface area contributed by atoms with Crippen molar-refractivity contribution in [1.82, 2.24) is 10.9 Å². The van der Waals surface area contributed by atoms with Crippen LogP contribution >= 0.6 is 0 Å². The first-order valence-corrected chi connectivity index (χ1v) is 9.41. The number of halogens is 1. The third-order valence-electron chi connectivity index (χ3n) is 4.68. The summed E-state index contributed by atoms with van der Waals surface area (Å²) in [4.78, 5) is 37.3. The van der Waals surface area contributed by atoms with Crippen molar-refractivity contribution in [2.24, 2.45) is 0 Å². The fraction of sp³-hybridized carbons (Fsp3) is 0.300. The Morgan fingerprint density at radius 3 is 2.43 bits per heavy atom. The number of benzene rings is 2. The Labute approximate surface area is 171 Å². The third-order valence-corrected chi connectivity index (χ3v) is 4.68. The predicted octanol–water partition coefficient (Wildman–Crippen LogP) is 2.56. The van der Waals surface area contributed by atoms with Gasteiger partial charge in [-0.3, -0.25) is 30.6 Å². The highest BCUT2D eigenvalue weighted by Crippen LogP contribution is 2.31. The van der Waals surface area contributed by atoms with Crippen LogP contribution in [0.3, 0.4) is 0 Å². The Hall–Kier alpha value is -3.69. The Kier molecular flexibility index (Phi) is 6.45. The molecule has 2 N–H and O–H groups in total. The van der Waals surface area contributed by atoms with Crippen LogP contribution in [0.1, 0.15) is 30.1 Å². The van der Waals surface area contributed by atoms with Gasteiger partial charge in [-0.25, -0.2) is 4.39 Å². The number of carbonyl (C=O) groups is 2. The molecule has 1 fully saturated rings. The van der Waals surface area contributed by atoms with Gasteiger partial charge in [-0.05, 0) is 56.2 Å². The molecule has 1 saturated heterocycles. The zero-order chi connectivity index (χ0) is 21.7. The average Bonchev–Trinajstić information content (AvgIpc) is 3.27. The lowest BCUT2D eigenvalue weighted by Crippen LogP contribution is -2.47. The van der Waals surface area contributed by atoms with E-state index >= 15 is 0 Å². The number of amides is 2. The molecular weight excluding hydrogens is 395 g/mol. The first-order chi connectivity index (χ1) is 14.3. The molecular formula is C20H21FN4O5. The molecule has 3 rings (SSSR count). The van der Waals surface area contributed by atoms with Gasteiger partial charge in [0.2, 0.25) is 0 Å². The molecule has 10 heteroatoms. The van der Waals surface area contributed by atoms with E-state index < -0.39 is 28.7 Å². The van der Waals surface area contributed by atoms with Gasteiger partial charge in [0.25, 0.3) is 17.5 Å². The first kappa shape index (κ1) is 21.0. The summed E-state index contributed by atoms with van der Waals surface area (Å²) in [6.45, 7) is 2.92. The molecule has 0 radical (unpaired) electrons. The molecule has 2 aromatic rings. The molecule has 9 nitrogen and oxygen atoms in total. The lowest BCUT2D eigenvalue weighted by molar-refractivity contribution is -0.384. The van der Waals surface area contributed by atoms with Crippen LogP contribution in [-0.4, -0.2) is 35.9 Å². The number of nitro groups is 1. The van der Waals surface area contributed by atoms with Crippen molar-refractivity contribution in [2.75, 3.05) is 18.0 Å². The Morgan fingerprint density at radius 2 is 1.80 bits per heavy atom. The number of nitrogens with zero attached hydrogens (tertiary/aromatic N) is 2. The molecule has 0 spiro atoms. The summed E-state index contributed by atoms with van der Waals surface area (Å²) >= 11 is 0. The Balaban J connectivity index is 1.61. The second-order valence-electron chi connectivity index (χ2n) is 6.81. The van der Waals surface area contributed by atoms with Gasteiger partial charge in [-0.2, -0.15) is 0 Å². The average molecular weight is 416 g/mol. The number of hydrogen-bond acceptors (Lipinski definition) is 6. The summed E-state index contributed by atoms with van der Waals surface area (Å²) in [5.74, 6) is -1.49. The molecule has 2 amide bonds. The van der Waals surface area contributed by atoms with Gasteiger partial charge in [0.1, 0.15) is 17.3 Å². The number of nitro benzene ring substituents is 1. The van der Waals surface area contributed by atoms with E-state index in [9.17, 15) is 24.1 Å². The van der Waals surface area contributed by atoms with Crippen LogP contribution in [0, 0.1) is 15.9 Å². The van der Waals surface area contributed by atoms with E-state index in [-0.39, 0.29) is 11.3 Å².